The number of aliphatic hydroxyl groups excluding tert-OH is 2. The lowest BCUT2D eigenvalue weighted by Crippen LogP contribution is -2.38. The summed E-state index contributed by atoms with van der Waals surface area (Å²) in [4.78, 5) is 17.7. The Bertz CT molecular complexity index is 1240. The number of benzene rings is 1. The highest BCUT2D eigenvalue weighted by molar-refractivity contribution is 7.99. The van der Waals surface area contributed by atoms with Crippen molar-refractivity contribution in [3.05, 3.63) is 48.5 Å². The predicted octanol–water partition coefficient (Wildman–Crippen LogP) is 2.46. The first-order valence-corrected chi connectivity index (χ1v) is 15.4. The van der Waals surface area contributed by atoms with Crippen LogP contribution in [-0.4, -0.2) is 84.6 Å². The van der Waals surface area contributed by atoms with Gasteiger partial charge < -0.3 is 31.3 Å². The Kier molecular flexibility index (Phi) is 10.1. The monoisotopic (exact) mass is 568 g/mol. The zero-order chi connectivity index (χ0) is 27.7. The minimum absolute atomic E-state index is 0.463. The normalized spacial score (nSPS) is 23.7. The molecule has 4 atom stereocenters. The second-order valence-electron chi connectivity index (χ2n) is 10.4. The number of aromatic nitrogens is 4. The fourth-order valence-corrected chi connectivity index (χ4v) is 6.31. The summed E-state index contributed by atoms with van der Waals surface area (Å²) < 4.78 is 7.79. The number of rotatable bonds is 13. The second kappa shape index (κ2) is 14.1. The van der Waals surface area contributed by atoms with Crippen LogP contribution >= 0.6 is 11.8 Å². The number of nitrogens with two attached hydrogens (primary N) is 1. The van der Waals surface area contributed by atoms with E-state index in [2.05, 4.69) is 42.7 Å². The summed E-state index contributed by atoms with van der Waals surface area (Å²) >= 11 is 1.67. The van der Waals surface area contributed by atoms with Crippen molar-refractivity contribution in [3.63, 3.8) is 0 Å². The Labute approximate surface area is 239 Å². The van der Waals surface area contributed by atoms with Crippen molar-refractivity contribution in [2.24, 2.45) is 10.7 Å². The SMILES string of the molecule is NC(=NCCCSC[C@H]1O[C@@H](n2cnc3c(NCCCc4ccccc4)ncnc32)[C@H](O)[C@@H]1O)NC1CCCC1. The van der Waals surface area contributed by atoms with E-state index in [9.17, 15) is 10.2 Å². The first kappa shape index (κ1) is 28.6. The topological polar surface area (TPSA) is 156 Å². The fraction of sp³-hybridized carbons (Fsp3) is 0.571. The number of aliphatic imine (C=N–C) groups is 1. The Hall–Kier alpha value is -2.93. The van der Waals surface area contributed by atoms with Gasteiger partial charge in [-0.25, -0.2) is 15.0 Å². The third-order valence-electron chi connectivity index (χ3n) is 7.47. The Balaban J connectivity index is 1.09. The van der Waals surface area contributed by atoms with Crippen molar-refractivity contribution in [3.8, 4) is 0 Å². The Morgan fingerprint density at radius 1 is 1.10 bits per heavy atom. The maximum Gasteiger partial charge on any atom is 0.188 e. The predicted molar refractivity (Wildman–Crippen MR) is 158 cm³/mol. The zero-order valence-corrected chi connectivity index (χ0v) is 23.5. The molecule has 1 aliphatic heterocycles. The van der Waals surface area contributed by atoms with Gasteiger partial charge in [-0.1, -0.05) is 43.2 Å². The van der Waals surface area contributed by atoms with Gasteiger partial charge in [-0.2, -0.15) is 11.8 Å². The number of nitrogens with zero attached hydrogens (tertiary/aromatic N) is 5. The van der Waals surface area contributed by atoms with Gasteiger partial charge in [0.15, 0.2) is 29.2 Å². The van der Waals surface area contributed by atoms with E-state index in [0.717, 1.165) is 44.4 Å². The molecule has 1 aliphatic carbocycles. The van der Waals surface area contributed by atoms with Crippen LogP contribution in [0.25, 0.3) is 11.2 Å². The maximum absolute atomic E-state index is 10.8. The molecule has 0 amide bonds. The van der Waals surface area contributed by atoms with E-state index in [4.69, 9.17) is 10.5 Å². The van der Waals surface area contributed by atoms with Crippen molar-refractivity contribution in [2.45, 2.75) is 75.5 Å². The first-order valence-electron chi connectivity index (χ1n) is 14.2. The molecule has 1 saturated heterocycles. The number of imidazole rings is 1. The summed E-state index contributed by atoms with van der Waals surface area (Å²) in [6, 6.07) is 10.8. The average Bonchev–Trinajstić information content (AvgIpc) is 3.70. The number of aliphatic hydroxyl groups is 2. The second-order valence-corrected chi connectivity index (χ2v) is 11.6. The van der Waals surface area contributed by atoms with Crippen LogP contribution in [0.4, 0.5) is 5.82 Å². The molecule has 12 heteroatoms. The number of hydrogen-bond acceptors (Lipinski definition) is 9. The Morgan fingerprint density at radius 3 is 2.75 bits per heavy atom. The van der Waals surface area contributed by atoms with Crippen molar-refractivity contribution < 1.29 is 14.9 Å². The molecule has 5 rings (SSSR count). The molecule has 3 heterocycles. The number of nitrogens with one attached hydrogen (secondary N) is 2. The number of ether oxygens (including phenoxy) is 1. The molecule has 40 heavy (non-hydrogen) atoms. The first-order chi connectivity index (χ1) is 19.6. The summed E-state index contributed by atoms with van der Waals surface area (Å²) in [5, 5.41) is 28.1. The molecule has 1 aromatic carbocycles. The Morgan fingerprint density at radius 2 is 1.93 bits per heavy atom. The minimum Gasteiger partial charge on any atom is -0.387 e. The molecular weight excluding hydrogens is 528 g/mol. The molecule has 3 aromatic rings. The molecule has 2 fully saturated rings. The van der Waals surface area contributed by atoms with Crippen LogP contribution in [0.15, 0.2) is 48.0 Å². The van der Waals surface area contributed by atoms with E-state index < -0.39 is 24.5 Å². The van der Waals surface area contributed by atoms with E-state index in [1.165, 1.54) is 24.7 Å². The maximum atomic E-state index is 10.8. The zero-order valence-electron chi connectivity index (χ0n) is 22.7. The van der Waals surface area contributed by atoms with Crippen LogP contribution < -0.4 is 16.4 Å². The molecule has 0 radical (unpaired) electrons. The average molecular weight is 569 g/mol. The molecule has 11 nitrogen and oxygen atoms in total. The van der Waals surface area contributed by atoms with Gasteiger partial charge in [-0.3, -0.25) is 9.56 Å². The van der Waals surface area contributed by atoms with E-state index in [1.54, 1.807) is 22.7 Å². The van der Waals surface area contributed by atoms with Crippen molar-refractivity contribution in [2.75, 3.05) is 29.9 Å². The van der Waals surface area contributed by atoms with Gasteiger partial charge in [0.05, 0.1) is 12.4 Å². The van der Waals surface area contributed by atoms with Gasteiger partial charge >= 0.3 is 0 Å². The van der Waals surface area contributed by atoms with Crippen molar-refractivity contribution in [1.29, 1.82) is 0 Å². The lowest BCUT2D eigenvalue weighted by Gasteiger charge is -2.16. The van der Waals surface area contributed by atoms with Crippen LogP contribution in [0.1, 0.15) is 50.3 Å². The van der Waals surface area contributed by atoms with E-state index >= 15 is 0 Å². The third-order valence-corrected chi connectivity index (χ3v) is 8.61. The summed E-state index contributed by atoms with van der Waals surface area (Å²) in [5.41, 5.74) is 8.44. The number of thioether (sulfide) groups is 1. The van der Waals surface area contributed by atoms with Gasteiger partial charge in [0.1, 0.15) is 18.5 Å². The third kappa shape index (κ3) is 7.22. The summed E-state index contributed by atoms with van der Waals surface area (Å²) in [7, 11) is 0. The standard InChI is InChI=1S/C28H40N8O3S/c29-28(35-20-11-4-5-12-20)31-14-7-15-40-16-21-23(37)24(38)27(39-21)36-18-34-22-25(32-17-33-26(22)36)30-13-6-10-19-8-2-1-3-9-19/h1-3,8-9,17-18,20-21,23-24,27,37-38H,4-7,10-16H2,(H3,29,31,35)(H,30,32,33)/t21-,23-,24-,27-/m1/s1. The van der Waals surface area contributed by atoms with Crippen LogP contribution in [0.2, 0.25) is 0 Å². The molecule has 6 N–H and O–H groups in total. The summed E-state index contributed by atoms with van der Waals surface area (Å²) in [5.74, 6) is 2.58. The number of guanidine groups is 1. The quantitative estimate of drug-likeness (QED) is 0.118. The fourth-order valence-electron chi connectivity index (χ4n) is 5.30. The van der Waals surface area contributed by atoms with Gasteiger partial charge in [-0.15, -0.1) is 0 Å². The minimum atomic E-state index is -1.09. The lowest BCUT2D eigenvalue weighted by molar-refractivity contribution is -0.0289. The van der Waals surface area contributed by atoms with Crippen LogP contribution in [-0.2, 0) is 11.2 Å². The number of hydrogen-bond donors (Lipinski definition) is 5. The molecule has 216 valence electrons. The van der Waals surface area contributed by atoms with E-state index in [1.807, 2.05) is 18.2 Å². The number of anilines is 1. The molecule has 2 aromatic heterocycles. The molecule has 2 aliphatic rings. The van der Waals surface area contributed by atoms with Crippen molar-refractivity contribution in [1.82, 2.24) is 24.8 Å². The van der Waals surface area contributed by atoms with Gasteiger partial charge in [0.2, 0.25) is 0 Å². The highest BCUT2D eigenvalue weighted by Gasteiger charge is 2.44. The highest BCUT2D eigenvalue weighted by atomic mass is 32.2. The van der Waals surface area contributed by atoms with Crippen LogP contribution in [0.3, 0.4) is 0 Å². The highest BCUT2D eigenvalue weighted by Crippen LogP contribution is 2.33. The van der Waals surface area contributed by atoms with E-state index in [0.29, 0.717) is 41.3 Å². The number of fused-ring (bicyclic) bond motifs is 1. The molecule has 0 unspecified atom stereocenters. The van der Waals surface area contributed by atoms with Gasteiger partial charge in [0.25, 0.3) is 0 Å². The lowest BCUT2D eigenvalue weighted by atomic mass is 10.1. The summed E-state index contributed by atoms with van der Waals surface area (Å²) in [6.07, 6.45) is 7.31. The van der Waals surface area contributed by atoms with Crippen LogP contribution in [0, 0.1) is 0 Å². The smallest absolute Gasteiger partial charge is 0.188 e. The molecule has 0 bridgehead atoms. The molecule has 1 saturated carbocycles. The van der Waals surface area contributed by atoms with Crippen LogP contribution in [0.5, 0.6) is 0 Å². The number of aryl methyl sites for hydroxylation is 1. The van der Waals surface area contributed by atoms with E-state index in [-0.39, 0.29) is 0 Å². The largest absolute Gasteiger partial charge is 0.387 e. The van der Waals surface area contributed by atoms with Gasteiger partial charge in [-0.05, 0) is 43.4 Å². The van der Waals surface area contributed by atoms with Crippen molar-refractivity contribution >= 4 is 34.7 Å². The van der Waals surface area contributed by atoms with Gasteiger partial charge in [0, 0.05) is 24.9 Å². The summed E-state index contributed by atoms with van der Waals surface area (Å²) in [6.45, 7) is 1.39. The molecule has 0 spiro atoms. The molecular formula is C28H40N8O3S.